The fourth-order valence-corrected chi connectivity index (χ4v) is 6.00. The topological polar surface area (TPSA) is 65.9 Å². The number of aromatic nitrogens is 2. The van der Waals surface area contributed by atoms with E-state index in [-0.39, 0.29) is 6.01 Å². The van der Waals surface area contributed by atoms with Crippen LogP contribution in [0.5, 0.6) is 11.8 Å². The molecule has 1 saturated carbocycles. The van der Waals surface area contributed by atoms with Crippen LogP contribution in [-0.2, 0) is 6.42 Å². The van der Waals surface area contributed by atoms with Crippen LogP contribution in [0, 0.1) is 5.92 Å². The summed E-state index contributed by atoms with van der Waals surface area (Å²) >= 11 is 6.77. The van der Waals surface area contributed by atoms with Gasteiger partial charge >= 0.3 is 6.01 Å². The van der Waals surface area contributed by atoms with E-state index in [1.807, 2.05) is 12.1 Å². The van der Waals surface area contributed by atoms with Crippen LogP contribution in [-0.4, -0.2) is 59.5 Å². The van der Waals surface area contributed by atoms with Crippen LogP contribution in [0.4, 0.5) is 11.6 Å². The fourth-order valence-electron chi connectivity index (χ4n) is 5.72. The number of anilines is 2. The van der Waals surface area contributed by atoms with Crippen molar-refractivity contribution >= 4 is 35.1 Å². The number of nitrogens with one attached hydrogen (secondary N) is 1. The molecule has 37 heavy (non-hydrogen) atoms. The minimum Gasteiger partial charge on any atom is -0.423 e. The molecule has 1 aromatic carbocycles. The molecule has 1 N–H and O–H groups in total. The third-order valence-corrected chi connectivity index (χ3v) is 8.31. The van der Waals surface area contributed by atoms with Crippen molar-refractivity contribution in [1.82, 2.24) is 14.9 Å². The molecule has 0 radical (unpaired) electrons. The van der Waals surface area contributed by atoms with Crippen molar-refractivity contribution < 1.29 is 4.74 Å². The van der Waals surface area contributed by atoms with Crippen molar-refractivity contribution in [3.05, 3.63) is 51.6 Å². The molecule has 0 spiro atoms. The molecule has 7 nitrogen and oxygen atoms in total. The number of likely N-dealkylation sites (N-methyl/N-ethyl adjacent to an activating group) is 1. The van der Waals surface area contributed by atoms with Crippen LogP contribution >= 0.6 is 11.6 Å². The number of amidine groups is 1. The summed E-state index contributed by atoms with van der Waals surface area (Å²) in [6.07, 6.45) is 8.92. The van der Waals surface area contributed by atoms with Gasteiger partial charge in [0.15, 0.2) is 0 Å². The van der Waals surface area contributed by atoms with Crippen molar-refractivity contribution in [2.24, 2.45) is 10.9 Å². The lowest BCUT2D eigenvalue weighted by Gasteiger charge is -2.26. The zero-order valence-corrected chi connectivity index (χ0v) is 22.7. The van der Waals surface area contributed by atoms with E-state index >= 15 is 0 Å². The van der Waals surface area contributed by atoms with Crippen molar-refractivity contribution in [2.75, 3.05) is 42.9 Å². The van der Waals surface area contributed by atoms with Crippen molar-refractivity contribution in [3.63, 3.8) is 0 Å². The molecule has 1 saturated heterocycles. The Morgan fingerprint density at radius 2 is 1.97 bits per heavy atom. The first-order valence-corrected chi connectivity index (χ1v) is 13.9. The Kier molecular flexibility index (Phi) is 6.67. The number of allylic oxidation sites excluding steroid dienone is 1. The smallest absolute Gasteiger partial charge is 0.325 e. The second kappa shape index (κ2) is 10.1. The zero-order valence-electron chi connectivity index (χ0n) is 21.9. The highest BCUT2D eigenvalue weighted by Crippen LogP contribution is 2.40. The maximum Gasteiger partial charge on any atom is 0.325 e. The minimum absolute atomic E-state index is 0.289. The average molecular weight is 519 g/mol. The Morgan fingerprint density at radius 1 is 1.14 bits per heavy atom. The summed E-state index contributed by atoms with van der Waals surface area (Å²) in [6, 6.07) is 6.83. The third-order valence-electron chi connectivity index (χ3n) is 7.92. The Labute approximate surface area is 224 Å². The number of ether oxygens (including phenoxy) is 1. The summed E-state index contributed by atoms with van der Waals surface area (Å²) in [4.78, 5) is 19.1. The Hall–Kier alpha value is -2.90. The first kappa shape index (κ1) is 24.4. The molecule has 0 bridgehead atoms. The summed E-state index contributed by atoms with van der Waals surface area (Å²) in [5.41, 5.74) is 4.98. The van der Waals surface area contributed by atoms with E-state index in [9.17, 15) is 0 Å². The number of aliphatic imine (C=N–C) groups is 1. The standard InChI is InChI=1S/C29H35ClN6O/c1-4-35(5-2)22-10-11-36(17-22)27-15-26(32-25-14-21(16-31-25)19-6-7-19)33-29(34-27)37-24-9-8-20-12-18(3)13-23(20)28(24)30/h8-9,13-15,19,22H,4-7,10-12,16-17H2,1-3H3,(H,31,32,33,34). The predicted octanol–water partition coefficient (Wildman–Crippen LogP) is 5.96. The minimum atomic E-state index is 0.289. The first-order chi connectivity index (χ1) is 18.0. The van der Waals surface area contributed by atoms with Crippen molar-refractivity contribution in [1.29, 1.82) is 0 Å². The Morgan fingerprint density at radius 3 is 2.76 bits per heavy atom. The van der Waals surface area contributed by atoms with Crippen LogP contribution in [0.25, 0.3) is 6.08 Å². The normalized spacial score (nSPS) is 20.7. The SMILES string of the molecule is CCN(CC)C1CCN(c2cc(NC3=NCC(C4CC4)=C3)nc(Oc3ccc4c(c3Cl)C=C(C)C4)n2)C1. The Balaban J connectivity index is 1.29. The lowest BCUT2D eigenvalue weighted by molar-refractivity contribution is 0.232. The second-order valence-corrected chi connectivity index (χ2v) is 10.9. The van der Waals surface area contributed by atoms with Gasteiger partial charge in [0.2, 0.25) is 0 Å². The molecule has 6 rings (SSSR count). The summed E-state index contributed by atoms with van der Waals surface area (Å²) in [6.45, 7) is 11.4. The quantitative estimate of drug-likeness (QED) is 0.465. The van der Waals surface area contributed by atoms with Gasteiger partial charge in [0.25, 0.3) is 0 Å². The molecule has 2 aromatic rings. The van der Waals surface area contributed by atoms with E-state index in [1.165, 1.54) is 29.6 Å². The van der Waals surface area contributed by atoms with Crippen LogP contribution in [0.2, 0.25) is 5.02 Å². The first-order valence-electron chi connectivity index (χ1n) is 13.6. The maximum absolute atomic E-state index is 6.77. The molecule has 1 atom stereocenters. The van der Waals surface area contributed by atoms with Crippen LogP contribution < -0.4 is 15.0 Å². The van der Waals surface area contributed by atoms with Gasteiger partial charge in [0.1, 0.15) is 23.2 Å². The van der Waals surface area contributed by atoms with E-state index in [1.54, 1.807) is 0 Å². The molecule has 2 aliphatic carbocycles. The van der Waals surface area contributed by atoms with E-state index in [0.29, 0.717) is 28.5 Å². The van der Waals surface area contributed by atoms with Gasteiger partial charge in [-0.1, -0.05) is 43.2 Å². The molecular formula is C29H35ClN6O. The van der Waals surface area contributed by atoms with Gasteiger partial charge in [0, 0.05) is 30.8 Å². The van der Waals surface area contributed by atoms with Gasteiger partial charge in [-0.3, -0.25) is 9.89 Å². The Bertz CT molecular complexity index is 1290. The lowest BCUT2D eigenvalue weighted by atomic mass is 10.1. The van der Waals surface area contributed by atoms with E-state index in [4.69, 9.17) is 31.3 Å². The average Bonchev–Trinajstić information content (AvgIpc) is 3.25. The van der Waals surface area contributed by atoms with E-state index in [0.717, 1.165) is 62.8 Å². The predicted molar refractivity (Wildman–Crippen MR) is 151 cm³/mol. The molecule has 2 fully saturated rings. The van der Waals surface area contributed by atoms with Gasteiger partial charge < -0.3 is 15.0 Å². The number of fused-ring (bicyclic) bond motifs is 1. The maximum atomic E-state index is 6.77. The van der Waals surface area contributed by atoms with Crippen molar-refractivity contribution in [3.8, 4) is 11.8 Å². The molecule has 194 valence electrons. The highest BCUT2D eigenvalue weighted by atomic mass is 35.5. The fraction of sp³-hybridized carbons (Fsp3) is 0.483. The number of halogens is 1. The third kappa shape index (κ3) is 5.12. The summed E-state index contributed by atoms with van der Waals surface area (Å²) < 4.78 is 6.25. The van der Waals surface area contributed by atoms with Gasteiger partial charge in [-0.25, -0.2) is 0 Å². The summed E-state index contributed by atoms with van der Waals surface area (Å²) in [7, 11) is 0. The molecule has 3 heterocycles. The van der Waals surface area contributed by atoms with Crippen molar-refractivity contribution in [2.45, 2.75) is 52.5 Å². The molecule has 1 aromatic heterocycles. The number of rotatable bonds is 8. The van der Waals surface area contributed by atoms with Gasteiger partial charge in [0.05, 0.1) is 11.6 Å². The summed E-state index contributed by atoms with van der Waals surface area (Å²) in [5.74, 6) is 3.69. The van der Waals surface area contributed by atoms with Gasteiger partial charge in [-0.05, 0) is 74.9 Å². The monoisotopic (exact) mass is 518 g/mol. The second-order valence-electron chi connectivity index (χ2n) is 10.5. The zero-order chi connectivity index (χ0) is 25.5. The summed E-state index contributed by atoms with van der Waals surface area (Å²) in [5, 5.41) is 4.03. The molecule has 8 heteroatoms. The van der Waals surface area contributed by atoms with Gasteiger partial charge in [-0.2, -0.15) is 9.97 Å². The van der Waals surface area contributed by atoms with Gasteiger partial charge in [-0.15, -0.1) is 0 Å². The number of benzene rings is 1. The van der Waals surface area contributed by atoms with E-state index in [2.05, 4.69) is 54.1 Å². The molecular weight excluding hydrogens is 484 g/mol. The highest BCUT2D eigenvalue weighted by molar-refractivity contribution is 6.33. The molecule has 4 aliphatic rings. The van der Waals surface area contributed by atoms with Crippen LogP contribution in [0.3, 0.4) is 0 Å². The number of nitrogens with zero attached hydrogens (tertiary/aromatic N) is 5. The molecule has 1 unspecified atom stereocenters. The number of hydrogen-bond donors (Lipinski definition) is 1. The number of hydrogen-bond acceptors (Lipinski definition) is 7. The highest BCUT2D eigenvalue weighted by Gasteiger charge is 2.30. The van der Waals surface area contributed by atoms with Crippen LogP contribution in [0.15, 0.2) is 40.4 Å². The largest absolute Gasteiger partial charge is 0.423 e. The lowest BCUT2D eigenvalue weighted by Crippen LogP contribution is -2.37. The molecule has 0 amide bonds. The van der Waals surface area contributed by atoms with Crippen LogP contribution in [0.1, 0.15) is 51.2 Å². The van der Waals surface area contributed by atoms with E-state index < -0.39 is 0 Å². The molecule has 2 aliphatic heterocycles.